The number of pyridine rings is 1. The number of rotatable bonds is 6. The zero-order valence-electron chi connectivity index (χ0n) is 11.8. The first-order chi connectivity index (χ1) is 9.58. The molecule has 2 aromatic heterocycles. The van der Waals surface area contributed by atoms with E-state index in [1.165, 1.54) is 5.69 Å². The third-order valence-corrected chi connectivity index (χ3v) is 3.24. The van der Waals surface area contributed by atoms with Crippen molar-refractivity contribution in [3.63, 3.8) is 0 Å². The van der Waals surface area contributed by atoms with Gasteiger partial charge in [0.2, 0.25) is 0 Å². The molecule has 2 aromatic rings. The molecule has 2 rings (SSSR count). The zero-order chi connectivity index (χ0) is 14.5. The van der Waals surface area contributed by atoms with Gasteiger partial charge in [-0.15, -0.1) is 0 Å². The quantitative estimate of drug-likeness (QED) is 0.629. The van der Waals surface area contributed by atoms with Gasteiger partial charge in [-0.05, 0) is 38.5 Å². The van der Waals surface area contributed by atoms with Gasteiger partial charge in [-0.25, -0.2) is 4.98 Å². The summed E-state index contributed by atoms with van der Waals surface area (Å²) < 4.78 is 2.02. The molecule has 2 heterocycles. The summed E-state index contributed by atoms with van der Waals surface area (Å²) in [6, 6.07) is 5.78. The van der Waals surface area contributed by atoms with Crippen LogP contribution in [0.3, 0.4) is 0 Å². The Hall–Kier alpha value is -1.95. The van der Waals surface area contributed by atoms with Gasteiger partial charge < -0.3 is 11.1 Å². The summed E-state index contributed by atoms with van der Waals surface area (Å²) in [5.41, 5.74) is 8.69. The minimum atomic E-state index is 0.360. The van der Waals surface area contributed by atoms with Crippen LogP contribution in [0, 0.1) is 13.8 Å². The third kappa shape index (κ3) is 3.54. The van der Waals surface area contributed by atoms with Gasteiger partial charge in [0, 0.05) is 25.0 Å². The van der Waals surface area contributed by atoms with E-state index in [0.717, 1.165) is 36.6 Å². The molecule has 0 radical (unpaired) electrons. The van der Waals surface area contributed by atoms with Gasteiger partial charge in [0.1, 0.15) is 10.8 Å². The maximum absolute atomic E-state index is 5.67. The number of nitrogens with one attached hydrogen (secondary N) is 1. The van der Waals surface area contributed by atoms with Crippen LogP contribution in [0.5, 0.6) is 0 Å². The van der Waals surface area contributed by atoms with E-state index in [1.807, 2.05) is 23.7 Å². The van der Waals surface area contributed by atoms with E-state index >= 15 is 0 Å². The molecule has 0 aromatic carbocycles. The molecule has 0 saturated heterocycles. The first kappa shape index (κ1) is 14.5. The van der Waals surface area contributed by atoms with E-state index in [2.05, 4.69) is 28.4 Å². The Morgan fingerprint density at radius 1 is 1.45 bits per heavy atom. The summed E-state index contributed by atoms with van der Waals surface area (Å²) in [5.74, 6) is 0.744. The van der Waals surface area contributed by atoms with Crippen LogP contribution in [0.1, 0.15) is 23.4 Å². The summed E-state index contributed by atoms with van der Waals surface area (Å²) >= 11 is 5.01. The predicted molar refractivity (Wildman–Crippen MR) is 84.9 cm³/mol. The van der Waals surface area contributed by atoms with E-state index in [4.69, 9.17) is 18.0 Å². The largest absolute Gasteiger partial charge is 0.389 e. The van der Waals surface area contributed by atoms with Crippen molar-refractivity contribution in [2.45, 2.75) is 26.8 Å². The van der Waals surface area contributed by atoms with Crippen LogP contribution >= 0.6 is 12.2 Å². The highest BCUT2D eigenvalue weighted by Crippen LogP contribution is 2.11. The van der Waals surface area contributed by atoms with Gasteiger partial charge in [-0.2, -0.15) is 5.10 Å². The Morgan fingerprint density at radius 3 is 2.90 bits per heavy atom. The van der Waals surface area contributed by atoms with E-state index in [9.17, 15) is 0 Å². The van der Waals surface area contributed by atoms with Crippen molar-refractivity contribution in [2.24, 2.45) is 5.73 Å². The molecular formula is C14H19N5S. The normalized spacial score (nSPS) is 10.5. The fourth-order valence-electron chi connectivity index (χ4n) is 2.08. The molecule has 0 spiro atoms. The molecule has 0 amide bonds. The summed E-state index contributed by atoms with van der Waals surface area (Å²) in [5, 5.41) is 7.70. The van der Waals surface area contributed by atoms with Crippen molar-refractivity contribution in [2.75, 3.05) is 11.9 Å². The van der Waals surface area contributed by atoms with Gasteiger partial charge in [0.15, 0.2) is 0 Å². The molecule has 0 aliphatic heterocycles. The van der Waals surface area contributed by atoms with E-state index < -0.39 is 0 Å². The number of aromatic nitrogens is 3. The lowest BCUT2D eigenvalue weighted by Gasteiger charge is -2.10. The van der Waals surface area contributed by atoms with Crippen molar-refractivity contribution >= 4 is 23.0 Å². The number of aryl methyl sites for hydroxylation is 3. The van der Waals surface area contributed by atoms with Crippen LogP contribution in [0.25, 0.3) is 0 Å². The Bertz CT molecular complexity index is 605. The average Bonchev–Trinajstić information content (AvgIpc) is 2.73. The van der Waals surface area contributed by atoms with E-state index in [-0.39, 0.29) is 0 Å². The highest BCUT2D eigenvalue weighted by Gasteiger charge is 2.05. The van der Waals surface area contributed by atoms with E-state index in [0.29, 0.717) is 4.99 Å². The zero-order valence-corrected chi connectivity index (χ0v) is 12.6. The molecule has 106 valence electrons. The molecule has 0 unspecified atom stereocenters. The Morgan fingerprint density at radius 2 is 2.25 bits per heavy atom. The highest BCUT2D eigenvalue weighted by atomic mass is 32.1. The fourth-order valence-corrected chi connectivity index (χ4v) is 2.25. The second-order valence-corrected chi connectivity index (χ2v) is 5.13. The smallest absolute Gasteiger partial charge is 0.136 e. The Labute approximate surface area is 124 Å². The minimum absolute atomic E-state index is 0.360. The molecule has 0 aliphatic carbocycles. The topological polar surface area (TPSA) is 68.8 Å². The van der Waals surface area contributed by atoms with Gasteiger partial charge in [-0.3, -0.25) is 4.68 Å². The maximum atomic E-state index is 5.67. The molecule has 0 fully saturated rings. The van der Waals surface area contributed by atoms with Gasteiger partial charge in [-0.1, -0.05) is 12.2 Å². The summed E-state index contributed by atoms with van der Waals surface area (Å²) in [4.78, 5) is 4.63. The molecule has 5 nitrogen and oxygen atoms in total. The SMILES string of the molecule is Cc1cc(C)n(CCCNc2ncccc2C(N)=S)n1. The molecule has 6 heteroatoms. The predicted octanol–water partition coefficient (Wildman–Crippen LogP) is 2.03. The monoisotopic (exact) mass is 289 g/mol. The lowest BCUT2D eigenvalue weighted by molar-refractivity contribution is 0.573. The number of anilines is 1. The number of nitrogens with zero attached hydrogens (tertiary/aromatic N) is 3. The van der Waals surface area contributed by atoms with Gasteiger partial charge >= 0.3 is 0 Å². The first-order valence-electron chi connectivity index (χ1n) is 6.57. The summed E-state index contributed by atoms with van der Waals surface area (Å²) in [7, 11) is 0. The summed E-state index contributed by atoms with van der Waals surface area (Å²) in [6.07, 6.45) is 2.68. The second-order valence-electron chi connectivity index (χ2n) is 4.69. The number of nitrogens with two attached hydrogens (primary N) is 1. The first-order valence-corrected chi connectivity index (χ1v) is 6.98. The van der Waals surface area contributed by atoms with Crippen LogP contribution in [-0.2, 0) is 6.54 Å². The molecule has 20 heavy (non-hydrogen) atoms. The van der Waals surface area contributed by atoms with Crippen LogP contribution < -0.4 is 11.1 Å². The van der Waals surface area contributed by atoms with Crippen molar-refractivity contribution < 1.29 is 0 Å². The summed E-state index contributed by atoms with van der Waals surface area (Å²) in [6.45, 7) is 5.74. The number of hydrogen-bond acceptors (Lipinski definition) is 4. The van der Waals surface area contributed by atoms with Crippen molar-refractivity contribution in [1.82, 2.24) is 14.8 Å². The van der Waals surface area contributed by atoms with E-state index in [1.54, 1.807) is 6.20 Å². The highest BCUT2D eigenvalue weighted by molar-refractivity contribution is 7.80. The molecule has 0 aliphatic rings. The molecule has 0 bridgehead atoms. The molecule has 3 N–H and O–H groups in total. The third-order valence-electron chi connectivity index (χ3n) is 3.02. The van der Waals surface area contributed by atoms with Crippen LogP contribution in [-0.4, -0.2) is 26.3 Å². The lowest BCUT2D eigenvalue weighted by atomic mass is 10.2. The number of thiocarbonyl (C=S) groups is 1. The average molecular weight is 289 g/mol. The van der Waals surface area contributed by atoms with Crippen LogP contribution in [0.15, 0.2) is 24.4 Å². The Balaban J connectivity index is 1.88. The number of hydrogen-bond donors (Lipinski definition) is 2. The van der Waals surface area contributed by atoms with Crippen molar-refractivity contribution in [3.05, 3.63) is 41.3 Å². The fraction of sp³-hybridized carbons (Fsp3) is 0.357. The molecule has 0 saturated carbocycles. The van der Waals surface area contributed by atoms with Crippen LogP contribution in [0.2, 0.25) is 0 Å². The van der Waals surface area contributed by atoms with Crippen LogP contribution in [0.4, 0.5) is 5.82 Å². The molecular weight excluding hydrogens is 270 g/mol. The Kier molecular flexibility index (Phi) is 4.68. The lowest BCUT2D eigenvalue weighted by Crippen LogP contribution is -2.15. The van der Waals surface area contributed by atoms with Gasteiger partial charge in [0.25, 0.3) is 0 Å². The second kappa shape index (κ2) is 6.47. The minimum Gasteiger partial charge on any atom is -0.389 e. The maximum Gasteiger partial charge on any atom is 0.136 e. The van der Waals surface area contributed by atoms with Crippen molar-refractivity contribution in [1.29, 1.82) is 0 Å². The molecule has 0 atom stereocenters. The van der Waals surface area contributed by atoms with Gasteiger partial charge in [0.05, 0.1) is 11.3 Å². The standard InChI is InChI=1S/C14H19N5S/c1-10-9-11(2)19(18-10)8-4-7-17-14-12(13(15)20)5-3-6-16-14/h3,5-6,9H,4,7-8H2,1-2H3,(H2,15,20)(H,16,17). The van der Waals surface area contributed by atoms with Crippen molar-refractivity contribution in [3.8, 4) is 0 Å².